The van der Waals surface area contributed by atoms with Crippen LogP contribution in [0.4, 0.5) is 22.7 Å². The summed E-state index contributed by atoms with van der Waals surface area (Å²) in [5, 5.41) is 32.5. The first-order chi connectivity index (χ1) is 11.9. The SMILES string of the molecule is COc1cc(Nc2ccc3nonc3c2[N+](=O)[O-])c(C)cc1[N+](=O)[O-]. The second kappa shape index (κ2) is 6.03. The third kappa shape index (κ3) is 2.78. The summed E-state index contributed by atoms with van der Waals surface area (Å²) in [5.41, 5.74) is 0.817. The lowest BCUT2D eigenvalue weighted by atomic mass is 10.1. The van der Waals surface area contributed by atoms with Gasteiger partial charge in [0.2, 0.25) is 5.52 Å². The zero-order valence-electron chi connectivity index (χ0n) is 13.0. The predicted octanol–water partition coefficient (Wildman–Crippen LogP) is 3.10. The van der Waals surface area contributed by atoms with E-state index in [9.17, 15) is 20.2 Å². The molecule has 0 radical (unpaired) electrons. The van der Waals surface area contributed by atoms with Crippen molar-refractivity contribution in [1.29, 1.82) is 0 Å². The summed E-state index contributed by atoms with van der Waals surface area (Å²) in [6.45, 7) is 1.64. The third-order valence-electron chi connectivity index (χ3n) is 3.58. The Morgan fingerprint density at radius 3 is 2.52 bits per heavy atom. The van der Waals surface area contributed by atoms with Crippen LogP contribution in [0.15, 0.2) is 28.9 Å². The lowest BCUT2D eigenvalue weighted by molar-refractivity contribution is -0.385. The van der Waals surface area contributed by atoms with Crippen LogP contribution in [-0.4, -0.2) is 27.3 Å². The molecule has 11 nitrogen and oxygen atoms in total. The highest BCUT2D eigenvalue weighted by Crippen LogP contribution is 2.38. The Labute approximate surface area is 139 Å². The van der Waals surface area contributed by atoms with E-state index in [1.807, 2.05) is 0 Å². The number of hydrogen-bond acceptors (Lipinski definition) is 9. The first kappa shape index (κ1) is 16.1. The number of nitro benzene ring substituents is 2. The molecule has 0 aliphatic carbocycles. The number of methoxy groups -OCH3 is 1. The van der Waals surface area contributed by atoms with Crippen LogP contribution in [-0.2, 0) is 0 Å². The number of ether oxygens (including phenoxy) is 1. The number of nitrogens with one attached hydrogen (secondary N) is 1. The summed E-state index contributed by atoms with van der Waals surface area (Å²) in [5.74, 6) is 0.0323. The summed E-state index contributed by atoms with van der Waals surface area (Å²) in [7, 11) is 1.30. The fraction of sp³-hybridized carbons (Fsp3) is 0.143. The van der Waals surface area contributed by atoms with Crippen molar-refractivity contribution in [3.8, 4) is 5.75 Å². The monoisotopic (exact) mass is 345 g/mol. The van der Waals surface area contributed by atoms with E-state index in [4.69, 9.17) is 4.74 Å². The van der Waals surface area contributed by atoms with E-state index in [1.165, 1.54) is 31.4 Å². The first-order valence-electron chi connectivity index (χ1n) is 6.92. The van der Waals surface area contributed by atoms with E-state index in [0.29, 0.717) is 11.3 Å². The molecule has 0 bridgehead atoms. The van der Waals surface area contributed by atoms with E-state index < -0.39 is 9.85 Å². The van der Waals surface area contributed by atoms with Gasteiger partial charge >= 0.3 is 11.4 Å². The highest BCUT2D eigenvalue weighted by atomic mass is 16.6. The molecule has 0 amide bonds. The molecule has 0 saturated carbocycles. The number of hydrogen-bond donors (Lipinski definition) is 1. The van der Waals surface area contributed by atoms with Crippen molar-refractivity contribution in [3.63, 3.8) is 0 Å². The van der Waals surface area contributed by atoms with E-state index in [2.05, 4.69) is 20.3 Å². The number of rotatable bonds is 5. The summed E-state index contributed by atoms with van der Waals surface area (Å²) in [4.78, 5) is 21.3. The van der Waals surface area contributed by atoms with Crippen LogP contribution in [0.3, 0.4) is 0 Å². The molecule has 2 aromatic carbocycles. The summed E-state index contributed by atoms with van der Waals surface area (Å²) in [6, 6.07) is 5.70. The number of anilines is 2. The van der Waals surface area contributed by atoms with Gasteiger partial charge in [-0.15, -0.1) is 0 Å². The van der Waals surface area contributed by atoms with Gasteiger partial charge < -0.3 is 10.1 Å². The summed E-state index contributed by atoms with van der Waals surface area (Å²) in [6.07, 6.45) is 0. The predicted molar refractivity (Wildman–Crippen MR) is 86.1 cm³/mol. The van der Waals surface area contributed by atoms with Crippen LogP contribution >= 0.6 is 0 Å². The lowest BCUT2D eigenvalue weighted by Gasteiger charge is -2.12. The highest BCUT2D eigenvalue weighted by Gasteiger charge is 2.24. The lowest BCUT2D eigenvalue weighted by Crippen LogP contribution is -2.01. The maximum absolute atomic E-state index is 11.4. The first-order valence-corrected chi connectivity index (χ1v) is 6.92. The second-order valence-corrected chi connectivity index (χ2v) is 5.07. The van der Waals surface area contributed by atoms with Crippen LogP contribution in [0.25, 0.3) is 11.0 Å². The molecule has 0 spiro atoms. The van der Waals surface area contributed by atoms with Crippen molar-refractivity contribution in [2.75, 3.05) is 12.4 Å². The summed E-state index contributed by atoms with van der Waals surface area (Å²) >= 11 is 0. The largest absolute Gasteiger partial charge is 0.490 e. The van der Waals surface area contributed by atoms with Crippen LogP contribution in [0.2, 0.25) is 0 Å². The number of fused-ring (bicyclic) bond motifs is 1. The van der Waals surface area contributed by atoms with Crippen molar-refractivity contribution in [2.24, 2.45) is 0 Å². The van der Waals surface area contributed by atoms with Crippen LogP contribution < -0.4 is 10.1 Å². The van der Waals surface area contributed by atoms with Gasteiger partial charge in [0.05, 0.1) is 17.0 Å². The number of aryl methyl sites for hydroxylation is 1. The zero-order valence-corrected chi connectivity index (χ0v) is 13.0. The molecule has 3 rings (SSSR count). The maximum atomic E-state index is 11.4. The Morgan fingerprint density at radius 2 is 1.88 bits per heavy atom. The van der Waals surface area contributed by atoms with Gasteiger partial charge in [-0.2, -0.15) is 0 Å². The van der Waals surface area contributed by atoms with Crippen LogP contribution in [0.1, 0.15) is 5.56 Å². The van der Waals surface area contributed by atoms with Gasteiger partial charge in [-0.25, -0.2) is 4.63 Å². The minimum absolute atomic E-state index is 0.00142. The number of nitrogens with zero attached hydrogens (tertiary/aromatic N) is 4. The fourth-order valence-electron chi connectivity index (χ4n) is 2.38. The minimum Gasteiger partial charge on any atom is -0.490 e. The van der Waals surface area contributed by atoms with Crippen LogP contribution in [0, 0.1) is 27.2 Å². The Hall–Kier alpha value is -3.76. The number of nitro groups is 2. The van der Waals surface area contributed by atoms with Gasteiger partial charge in [0.25, 0.3) is 0 Å². The molecule has 0 fully saturated rings. The van der Waals surface area contributed by atoms with E-state index in [-0.39, 0.29) is 33.8 Å². The molecule has 0 aliphatic heterocycles. The Balaban J connectivity index is 2.11. The Morgan fingerprint density at radius 1 is 1.12 bits per heavy atom. The van der Waals surface area contributed by atoms with E-state index in [1.54, 1.807) is 6.92 Å². The minimum atomic E-state index is -0.604. The molecular formula is C14H11N5O6. The Bertz CT molecular complexity index is 999. The topological polar surface area (TPSA) is 146 Å². The molecule has 0 unspecified atom stereocenters. The van der Waals surface area contributed by atoms with Crippen molar-refractivity contribution in [1.82, 2.24) is 10.3 Å². The second-order valence-electron chi connectivity index (χ2n) is 5.07. The van der Waals surface area contributed by atoms with E-state index >= 15 is 0 Å². The molecule has 1 aromatic heterocycles. The molecule has 25 heavy (non-hydrogen) atoms. The van der Waals surface area contributed by atoms with Crippen molar-refractivity contribution in [2.45, 2.75) is 6.92 Å². The van der Waals surface area contributed by atoms with Crippen molar-refractivity contribution >= 4 is 33.8 Å². The molecule has 0 atom stereocenters. The van der Waals surface area contributed by atoms with Gasteiger partial charge in [0, 0.05) is 17.8 Å². The standard InChI is InChI=1S/C14H11N5O6/c1-7-5-11(18(20)21)12(24-2)6-10(7)15-9-4-3-8-13(17-25-16-8)14(9)19(22)23/h3-6,15H,1-2H3. The summed E-state index contributed by atoms with van der Waals surface area (Å²) < 4.78 is 9.56. The third-order valence-corrected chi connectivity index (χ3v) is 3.58. The molecule has 1 N–H and O–H groups in total. The van der Waals surface area contributed by atoms with Gasteiger partial charge in [0.15, 0.2) is 5.75 Å². The molecule has 0 saturated heterocycles. The normalized spacial score (nSPS) is 10.6. The van der Waals surface area contributed by atoms with Gasteiger partial charge in [-0.1, -0.05) is 0 Å². The maximum Gasteiger partial charge on any atom is 0.323 e. The van der Waals surface area contributed by atoms with Gasteiger partial charge in [0.1, 0.15) is 11.2 Å². The molecular weight excluding hydrogens is 334 g/mol. The highest BCUT2D eigenvalue weighted by molar-refractivity contribution is 5.92. The zero-order chi connectivity index (χ0) is 18.1. The average molecular weight is 345 g/mol. The van der Waals surface area contributed by atoms with Gasteiger partial charge in [-0.05, 0) is 34.9 Å². The molecule has 0 aliphatic rings. The van der Waals surface area contributed by atoms with E-state index in [0.717, 1.165) is 0 Å². The quantitative estimate of drug-likeness (QED) is 0.544. The fourth-order valence-corrected chi connectivity index (χ4v) is 2.38. The van der Waals surface area contributed by atoms with Gasteiger partial charge in [-0.3, -0.25) is 20.2 Å². The van der Waals surface area contributed by atoms with Crippen molar-refractivity contribution < 1.29 is 19.2 Å². The van der Waals surface area contributed by atoms with Crippen LogP contribution in [0.5, 0.6) is 5.75 Å². The number of benzene rings is 2. The molecule has 3 aromatic rings. The smallest absolute Gasteiger partial charge is 0.323 e. The number of aromatic nitrogens is 2. The molecule has 1 heterocycles. The molecule has 11 heteroatoms. The molecule has 128 valence electrons. The Kier molecular flexibility index (Phi) is 3.89. The average Bonchev–Trinajstić information content (AvgIpc) is 3.03. The van der Waals surface area contributed by atoms with Crippen molar-refractivity contribution in [3.05, 3.63) is 50.1 Å².